The number of amides is 3. The lowest BCUT2D eigenvalue weighted by Gasteiger charge is -2.31. The van der Waals surface area contributed by atoms with Gasteiger partial charge < -0.3 is 5.11 Å². The minimum Gasteiger partial charge on any atom is -0.479 e. The Bertz CT molecular complexity index is 843. The second-order valence-electron chi connectivity index (χ2n) is 6.30. The third kappa shape index (κ3) is 3.03. The van der Waals surface area contributed by atoms with Gasteiger partial charge in [0.05, 0.1) is 6.54 Å². The van der Waals surface area contributed by atoms with Crippen LogP contribution in [0.3, 0.4) is 0 Å². The van der Waals surface area contributed by atoms with Crippen LogP contribution >= 0.6 is 0 Å². The number of carbonyl (C=O) groups excluding carboxylic acids is 2. The highest BCUT2D eigenvalue weighted by molar-refractivity contribution is 6.22. The molecule has 0 saturated carbocycles. The molecule has 9 nitrogen and oxygen atoms in total. The van der Waals surface area contributed by atoms with Gasteiger partial charge in [0.2, 0.25) is 11.9 Å². The number of hydrogen-bond acceptors (Lipinski definition) is 5. The molecule has 2 aliphatic rings. The maximum absolute atomic E-state index is 12.7. The largest absolute Gasteiger partial charge is 0.479 e. The number of amidine groups is 1. The first kappa shape index (κ1) is 17.6. The van der Waals surface area contributed by atoms with Crippen LogP contribution in [0.4, 0.5) is 4.79 Å². The third-order valence-corrected chi connectivity index (χ3v) is 4.40. The Labute approximate surface area is 150 Å². The first-order chi connectivity index (χ1) is 12.3. The number of nitrogens with one attached hydrogen (secondary N) is 1. The highest BCUT2D eigenvalue weighted by Crippen LogP contribution is 2.20. The Morgan fingerprint density at radius 2 is 1.88 bits per heavy atom. The van der Waals surface area contributed by atoms with E-state index in [1.54, 1.807) is 11.6 Å². The number of benzene rings is 1. The SMILES string of the molecule is Cc1ccc(C[N+]2=C(NCC(=O)O)N=C3C2C(=O)N(C)C(=O)N3C)cc1. The van der Waals surface area contributed by atoms with Gasteiger partial charge in [-0.25, -0.2) is 14.2 Å². The highest BCUT2D eigenvalue weighted by Gasteiger charge is 2.51. The van der Waals surface area contributed by atoms with E-state index in [4.69, 9.17) is 5.11 Å². The van der Waals surface area contributed by atoms with Crippen LogP contribution in [0.15, 0.2) is 29.3 Å². The number of fused-ring (bicyclic) bond motifs is 1. The quantitative estimate of drug-likeness (QED) is 0.728. The predicted molar refractivity (Wildman–Crippen MR) is 92.9 cm³/mol. The van der Waals surface area contributed by atoms with Crippen molar-refractivity contribution < 1.29 is 24.1 Å². The molecule has 2 N–H and O–H groups in total. The maximum atomic E-state index is 12.7. The van der Waals surface area contributed by atoms with Crippen LogP contribution in [0.1, 0.15) is 11.1 Å². The third-order valence-electron chi connectivity index (χ3n) is 4.40. The summed E-state index contributed by atoms with van der Waals surface area (Å²) in [7, 11) is 2.96. The van der Waals surface area contributed by atoms with E-state index in [2.05, 4.69) is 10.3 Å². The summed E-state index contributed by atoms with van der Waals surface area (Å²) in [5.74, 6) is -0.892. The van der Waals surface area contributed by atoms with Crippen molar-refractivity contribution in [3.63, 3.8) is 0 Å². The molecule has 0 aromatic heterocycles. The Morgan fingerprint density at radius 1 is 1.23 bits per heavy atom. The zero-order valence-corrected chi connectivity index (χ0v) is 14.8. The Morgan fingerprint density at radius 3 is 2.50 bits per heavy atom. The summed E-state index contributed by atoms with van der Waals surface area (Å²) < 4.78 is 1.69. The average molecular weight is 358 g/mol. The van der Waals surface area contributed by atoms with Gasteiger partial charge in [-0.15, -0.1) is 0 Å². The molecule has 1 aromatic carbocycles. The summed E-state index contributed by atoms with van der Waals surface area (Å²) in [5.41, 5.74) is 2.05. The number of carbonyl (C=O) groups is 3. The minimum atomic E-state index is -1.05. The molecule has 0 spiro atoms. The average Bonchev–Trinajstić information content (AvgIpc) is 2.96. The number of urea groups is 1. The number of aliphatic imine (C=N–C) groups is 1. The van der Waals surface area contributed by atoms with E-state index in [0.717, 1.165) is 16.0 Å². The number of nitrogens with zero attached hydrogens (tertiary/aromatic N) is 4. The van der Waals surface area contributed by atoms with Crippen molar-refractivity contribution in [3.05, 3.63) is 35.4 Å². The first-order valence-corrected chi connectivity index (χ1v) is 8.08. The van der Waals surface area contributed by atoms with Gasteiger partial charge in [-0.3, -0.25) is 19.9 Å². The smallest absolute Gasteiger partial charge is 0.390 e. The molecule has 1 unspecified atom stereocenters. The van der Waals surface area contributed by atoms with E-state index in [9.17, 15) is 14.4 Å². The van der Waals surface area contributed by atoms with Crippen molar-refractivity contribution in [1.82, 2.24) is 15.1 Å². The summed E-state index contributed by atoms with van der Waals surface area (Å²) >= 11 is 0. The van der Waals surface area contributed by atoms with Crippen molar-refractivity contribution >= 4 is 29.7 Å². The summed E-state index contributed by atoms with van der Waals surface area (Å²) in [5, 5.41) is 11.7. The lowest BCUT2D eigenvalue weighted by atomic mass is 10.1. The Kier molecular flexibility index (Phi) is 4.45. The molecule has 2 aliphatic heterocycles. The molecule has 9 heteroatoms. The van der Waals surface area contributed by atoms with Gasteiger partial charge in [0.25, 0.3) is 5.91 Å². The number of carboxylic acid groups (broad SMARTS) is 1. The molecule has 26 heavy (non-hydrogen) atoms. The van der Waals surface area contributed by atoms with Gasteiger partial charge >= 0.3 is 18.0 Å². The molecule has 136 valence electrons. The molecule has 2 heterocycles. The van der Waals surface area contributed by atoms with Crippen LogP contribution in [0, 0.1) is 6.92 Å². The summed E-state index contributed by atoms with van der Waals surface area (Å²) in [6, 6.07) is 6.55. The predicted octanol–water partition coefficient (Wildman–Crippen LogP) is -0.158. The van der Waals surface area contributed by atoms with E-state index in [0.29, 0.717) is 6.54 Å². The molecule has 0 aliphatic carbocycles. The number of rotatable bonds is 4. The second-order valence-corrected chi connectivity index (χ2v) is 6.30. The van der Waals surface area contributed by atoms with E-state index in [1.165, 1.54) is 11.9 Å². The minimum absolute atomic E-state index is 0.260. The van der Waals surface area contributed by atoms with Crippen molar-refractivity contribution in [3.8, 4) is 0 Å². The summed E-state index contributed by atoms with van der Waals surface area (Å²) in [4.78, 5) is 42.5. The van der Waals surface area contributed by atoms with Gasteiger partial charge in [-0.05, 0) is 12.5 Å². The molecule has 3 rings (SSSR count). The monoisotopic (exact) mass is 358 g/mol. The van der Waals surface area contributed by atoms with Crippen molar-refractivity contribution in [2.75, 3.05) is 20.6 Å². The normalized spacial score (nSPS) is 19.7. The van der Waals surface area contributed by atoms with Crippen molar-refractivity contribution in [1.29, 1.82) is 0 Å². The molecule has 1 aromatic rings. The Balaban J connectivity index is 1.99. The van der Waals surface area contributed by atoms with Crippen LogP contribution < -0.4 is 5.32 Å². The number of guanidine groups is 1. The number of hydrogen-bond donors (Lipinski definition) is 2. The van der Waals surface area contributed by atoms with Crippen molar-refractivity contribution in [2.45, 2.75) is 19.5 Å². The van der Waals surface area contributed by atoms with Gasteiger partial charge in [0, 0.05) is 14.1 Å². The molecule has 1 fully saturated rings. The van der Waals surface area contributed by atoms with Gasteiger partial charge in [0.15, 0.2) is 6.54 Å². The van der Waals surface area contributed by atoms with Crippen molar-refractivity contribution in [2.24, 2.45) is 4.99 Å². The van der Waals surface area contributed by atoms with Gasteiger partial charge in [0.1, 0.15) is 0 Å². The van der Waals surface area contributed by atoms with E-state index >= 15 is 0 Å². The molecular weight excluding hydrogens is 338 g/mol. The zero-order valence-electron chi connectivity index (χ0n) is 14.8. The second kappa shape index (κ2) is 6.58. The Hall–Kier alpha value is -3.23. The number of imide groups is 1. The fourth-order valence-electron chi connectivity index (χ4n) is 2.95. The fraction of sp³-hybridized carbons (Fsp3) is 0.353. The van der Waals surface area contributed by atoms with E-state index in [1.807, 2.05) is 31.2 Å². The van der Waals surface area contributed by atoms with Crippen LogP contribution in [-0.4, -0.2) is 75.9 Å². The summed E-state index contributed by atoms with van der Waals surface area (Å²) in [6.07, 6.45) is 0. The summed E-state index contributed by atoms with van der Waals surface area (Å²) in [6.45, 7) is 1.99. The lowest BCUT2D eigenvalue weighted by Crippen LogP contribution is -2.61. The molecular formula is C17H20N5O4+. The standard InChI is InChI=1S/C17H19N5O4/c1-10-4-6-11(7-5-10)9-22-13-14(19-16(22)18-8-12(23)24)20(2)17(26)21(3)15(13)25/h4-7,13H,8-9H2,1-3H3,(H,23,24)/p+1. The number of aryl methyl sites for hydroxylation is 1. The molecule has 1 saturated heterocycles. The van der Waals surface area contributed by atoms with E-state index < -0.39 is 23.9 Å². The topological polar surface area (TPSA) is 105 Å². The maximum Gasteiger partial charge on any atom is 0.390 e. The molecule has 0 bridgehead atoms. The van der Waals surface area contributed by atoms with Crippen LogP contribution in [0.25, 0.3) is 0 Å². The van der Waals surface area contributed by atoms with Crippen LogP contribution in [-0.2, 0) is 16.1 Å². The van der Waals surface area contributed by atoms with Gasteiger partial charge in [-0.1, -0.05) is 34.8 Å². The number of likely N-dealkylation sites (N-methyl/N-ethyl adjacent to an activating group) is 2. The molecule has 3 amide bonds. The lowest BCUT2D eigenvalue weighted by molar-refractivity contribution is -0.552. The van der Waals surface area contributed by atoms with E-state index in [-0.39, 0.29) is 18.3 Å². The van der Waals surface area contributed by atoms with Crippen LogP contribution in [0.2, 0.25) is 0 Å². The van der Waals surface area contributed by atoms with Gasteiger partial charge in [-0.2, -0.15) is 0 Å². The highest BCUT2D eigenvalue weighted by atomic mass is 16.4. The fourth-order valence-corrected chi connectivity index (χ4v) is 2.95. The molecule has 1 atom stereocenters. The first-order valence-electron chi connectivity index (χ1n) is 8.08. The molecule has 0 radical (unpaired) electrons. The zero-order chi connectivity index (χ0) is 19.0. The number of aliphatic carboxylic acids is 1. The number of carboxylic acids is 1. The van der Waals surface area contributed by atoms with Crippen LogP contribution in [0.5, 0.6) is 0 Å².